The molecule has 0 bridgehead atoms. The molecule has 0 heterocycles. The molecule has 0 spiro atoms. The van der Waals surface area contributed by atoms with Gasteiger partial charge in [-0.3, -0.25) is 4.79 Å². The summed E-state index contributed by atoms with van der Waals surface area (Å²) in [7, 11) is 1.74. The zero-order valence-electron chi connectivity index (χ0n) is 11.2. The number of likely N-dealkylation sites (N-methyl/N-ethyl adjacent to an activating group) is 1. The Balaban J connectivity index is 2.37. The maximum absolute atomic E-state index is 11.5. The van der Waals surface area contributed by atoms with E-state index in [0.29, 0.717) is 19.6 Å². The minimum atomic E-state index is -0.310. The molecule has 0 radical (unpaired) electrons. The van der Waals surface area contributed by atoms with Crippen molar-refractivity contribution in [1.29, 1.82) is 0 Å². The van der Waals surface area contributed by atoms with E-state index in [-0.39, 0.29) is 12.0 Å². The van der Waals surface area contributed by atoms with Gasteiger partial charge in [0.25, 0.3) is 0 Å². The van der Waals surface area contributed by atoms with E-state index in [0.717, 1.165) is 11.3 Å². The van der Waals surface area contributed by atoms with Crippen LogP contribution in [0, 0.1) is 6.92 Å². The lowest BCUT2D eigenvalue weighted by atomic mass is 10.2. The number of hydrogen-bond donors (Lipinski definition) is 1. The number of rotatable bonds is 7. The second-order valence-corrected chi connectivity index (χ2v) is 4.05. The highest BCUT2D eigenvalue weighted by Crippen LogP contribution is 2.12. The number of nitrogens with one attached hydrogen (secondary N) is 1. The molecule has 4 nitrogen and oxygen atoms in total. The number of aryl methyl sites for hydroxylation is 1. The lowest BCUT2D eigenvalue weighted by Gasteiger charge is -2.15. The summed E-state index contributed by atoms with van der Waals surface area (Å²) in [6.07, 6.45) is 0.587. The van der Waals surface area contributed by atoms with Crippen molar-refractivity contribution in [1.82, 2.24) is 5.32 Å². The summed E-state index contributed by atoms with van der Waals surface area (Å²) < 4.78 is 10.6. The number of esters is 1. The predicted molar refractivity (Wildman–Crippen MR) is 70.8 cm³/mol. The van der Waals surface area contributed by atoms with Crippen LogP contribution in [0.25, 0.3) is 0 Å². The Labute approximate surface area is 108 Å². The highest BCUT2D eigenvalue weighted by atomic mass is 16.5. The van der Waals surface area contributed by atoms with E-state index in [2.05, 4.69) is 5.32 Å². The number of hydrogen-bond acceptors (Lipinski definition) is 4. The molecule has 100 valence electrons. The molecule has 4 heteroatoms. The van der Waals surface area contributed by atoms with E-state index >= 15 is 0 Å². The van der Waals surface area contributed by atoms with E-state index in [4.69, 9.17) is 9.47 Å². The van der Waals surface area contributed by atoms with Gasteiger partial charge in [0.05, 0.1) is 13.2 Å². The number of carbonyl (C=O) groups is 1. The highest BCUT2D eigenvalue weighted by molar-refractivity contribution is 5.75. The second-order valence-electron chi connectivity index (χ2n) is 4.05. The minimum Gasteiger partial charge on any atom is -0.494 e. The molecule has 0 aliphatic rings. The molecule has 1 aromatic rings. The zero-order chi connectivity index (χ0) is 13.4. The fourth-order valence-corrected chi connectivity index (χ4v) is 1.62. The summed E-state index contributed by atoms with van der Waals surface area (Å²) in [5.41, 5.74) is 1.16. The molecule has 0 amide bonds. The molecule has 18 heavy (non-hydrogen) atoms. The molecule has 1 unspecified atom stereocenters. The number of carbonyl (C=O) groups excluding carboxylic acids is 1. The van der Waals surface area contributed by atoms with Crippen LogP contribution in [0.15, 0.2) is 24.3 Å². The Morgan fingerprint density at radius 2 is 2.22 bits per heavy atom. The molecule has 0 saturated carbocycles. The van der Waals surface area contributed by atoms with E-state index in [9.17, 15) is 4.79 Å². The lowest BCUT2D eigenvalue weighted by Crippen LogP contribution is -2.36. The van der Waals surface area contributed by atoms with Gasteiger partial charge in [-0.25, -0.2) is 0 Å². The Bertz CT molecular complexity index is 379. The highest BCUT2D eigenvalue weighted by Gasteiger charge is 2.17. The topological polar surface area (TPSA) is 47.6 Å². The molecular weight excluding hydrogens is 230 g/mol. The first-order chi connectivity index (χ1) is 8.67. The maximum atomic E-state index is 11.5. The van der Waals surface area contributed by atoms with E-state index < -0.39 is 0 Å². The first kappa shape index (κ1) is 14.5. The largest absolute Gasteiger partial charge is 0.494 e. The van der Waals surface area contributed by atoms with E-state index in [1.165, 1.54) is 0 Å². The normalized spacial score (nSPS) is 11.9. The van der Waals surface area contributed by atoms with Crippen molar-refractivity contribution in [2.24, 2.45) is 0 Å². The van der Waals surface area contributed by atoms with Gasteiger partial charge in [-0.1, -0.05) is 12.1 Å². The van der Waals surface area contributed by atoms with Crippen molar-refractivity contribution < 1.29 is 14.3 Å². The Hall–Kier alpha value is -1.55. The van der Waals surface area contributed by atoms with Gasteiger partial charge in [0.2, 0.25) is 0 Å². The SMILES string of the molecule is CCOC(=O)C(CCOc1cccc(C)c1)NC. The van der Waals surface area contributed by atoms with Gasteiger partial charge >= 0.3 is 5.97 Å². The van der Waals surface area contributed by atoms with Crippen molar-refractivity contribution in [2.75, 3.05) is 20.3 Å². The van der Waals surface area contributed by atoms with Gasteiger partial charge in [-0.15, -0.1) is 0 Å². The van der Waals surface area contributed by atoms with Crippen LogP contribution >= 0.6 is 0 Å². The van der Waals surface area contributed by atoms with Crippen LogP contribution in [0.2, 0.25) is 0 Å². The number of ether oxygens (including phenoxy) is 2. The van der Waals surface area contributed by atoms with Gasteiger partial charge in [0.1, 0.15) is 11.8 Å². The molecule has 0 fully saturated rings. The summed E-state index contributed by atoms with van der Waals surface area (Å²) in [4.78, 5) is 11.5. The molecule has 0 aliphatic heterocycles. The third-order valence-corrected chi connectivity index (χ3v) is 2.58. The Kier molecular flexibility index (Phi) is 6.22. The van der Waals surface area contributed by atoms with Crippen molar-refractivity contribution in [2.45, 2.75) is 26.3 Å². The smallest absolute Gasteiger partial charge is 0.323 e. The van der Waals surface area contributed by atoms with Crippen LogP contribution < -0.4 is 10.1 Å². The third kappa shape index (κ3) is 4.75. The van der Waals surface area contributed by atoms with Crippen molar-refractivity contribution >= 4 is 5.97 Å². The first-order valence-electron chi connectivity index (χ1n) is 6.20. The fraction of sp³-hybridized carbons (Fsp3) is 0.500. The summed E-state index contributed by atoms with van der Waals surface area (Å²) in [6, 6.07) is 7.53. The first-order valence-corrected chi connectivity index (χ1v) is 6.20. The Morgan fingerprint density at radius 1 is 1.44 bits per heavy atom. The van der Waals surface area contributed by atoms with Gasteiger partial charge in [-0.2, -0.15) is 0 Å². The van der Waals surface area contributed by atoms with Crippen LogP contribution in [0.5, 0.6) is 5.75 Å². The van der Waals surface area contributed by atoms with E-state index in [1.807, 2.05) is 31.2 Å². The van der Waals surface area contributed by atoms with E-state index in [1.54, 1.807) is 14.0 Å². The molecule has 0 saturated heterocycles. The molecule has 1 atom stereocenters. The second kappa shape index (κ2) is 7.71. The van der Waals surface area contributed by atoms with Crippen LogP contribution in [0.4, 0.5) is 0 Å². The summed E-state index contributed by atoms with van der Waals surface area (Å²) in [5, 5.41) is 2.93. The number of benzene rings is 1. The summed E-state index contributed by atoms with van der Waals surface area (Å²) in [5.74, 6) is 0.599. The molecule has 1 rings (SSSR count). The minimum absolute atomic E-state index is 0.229. The van der Waals surface area contributed by atoms with Crippen LogP contribution in [0.1, 0.15) is 18.9 Å². The summed E-state index contributed by atoms with van der Waals surface area (Å²) >= 11 is 0. The molecule has 0 aromatic heterocycles. The van der Waals surface area contributed by atoms with Crippen molar-refractivity contribution in [3.8, 4) is 5.75 Å². The lowest BCUT2D eigenvalue weighted by molar-refractivity contribution is -0.145. The van der Waals surface area contributed by atoms with Crippen molar-refractivity contribution in [3.63, 3.8) is 0 Å². The van der Waals surface area contributed by atoms with Crippen LogP contribution in [0.3, 0.4) is 0 Å². The van der Waals surface area contributed by atoms with Crippen LogP contribution in [-0.2, 0) is 9.53 Å². The quantitative estimate of drug-likeness (QED) is 0.752. The maximum Gasteiger partial charge on any atom is 0.323 e. The monoisotopic (exact) mass is 251 g/mol. The molecule has 0 aliphatic carbocycles. The average molecular weight is 251 g/mol. The zero-order valence-corrected chi connectivity index (χ0v) is 11.2. The third-order valence-electron chi connectivity index (χ3n) is 2.58. The Morgan fingerprint density at radius 3 is 2.83 bits per heavy atom. The van der Waals surface area contributed by atoms with Gasteiger partial charge < -0.3 is 14.8 Å². The molecular formula is C14H21NO3. The van der Waals surface area contributed by atoms with Gasteiger partial charge in [0.15, 0.2) is 0 Å². The van der Waals surface area contributed by atoms with Crippen molar-refractivity contribution in [3.05, 3.63) is 29.8 Å². The predicted octanol–water partition coefficient (Wildman–Crippen LogP) is 1.92. The van der Waals surface area contributed by atoms with Gasteiger partial charge in [0, 0.05) is 6.42 Å². The summed E-state index contributed by atoms with van der Waals surface area (Å²) in [6.45, 7) is 4.69. The average Bonchev–Trinajstić information content (AvgIpc) is 2.35. The molecule has 1 N–H and O–H groups in total. The van der Waals surface area contributed by atoms with Crippen LogP contribution in [-0.4, -0.2) is 32.3 Å². The fourth-order valence-electron chi connectivity index (χ4n) is 1.62. The van der Waals surface area contributed by atoms with Gasteiger partial charge in [-0.05, 0) is 38.6 Å². The standard InChI is InChI=1S/C14H21NO3/c1-4-17-14(16)13(15-3)8-9-18-12-7-5-6-11(2)10-12/h5-7,10,13,15H,4,8-9H2,1-3H3. The molecule has 1 aromatic carbocycles.